The summed E-state index contributed by atoms with van der Waals surface area (Å²) in [6.07, 6.45) is 2.20. The SMILES string of the molecule is CC1CCc2ccccc2[N+]1=C(N)Nc1ccc(Cl)cc1. The molecule has 0 bridgehead atoms. The number of anilines is 1. The van der Waals surface area contributed by atoms with Gasteiger partial charge in [-0.05, 0) is 55.7 Å². The average molecular weight is 301 g/mol. The second-order valence-electron chi connectivity index (χ2n) is 5.40. The van der Waals surface area contributed by atoms with Crippen LogP contribution in [-0.2, 0) is 6.42 Å². The summed E-state index contributed by atoms with van der Waals surface area (Å²) in [5.74, 6) is 0.650. The highest BCUT2D eigenvalue weighted by atomic mass is 35.5. The third-order valence-electron chi connectivity index (χ3n) is 3.90. The highest BCUT2D eigenvalue weighted by Gasteiger charge is 2.25. The molecule has 21 heavy (non-hydrogen) atoms. The first-order valence-electron chi connectivity index (χ1n) is 7.17. The maximum absolute atomic E-state index is 6.32. The molecule has 3 nitrogen and oxygen atoms in total. The van der Waals surface area contributed by atoms with Crippen molar-refractivity contribution in [2.75, 3.05) is 5.32 Å². The van der Waals surface area contributed by atoms with Crippen LogP contribution in [-0.4, -0.2) is 16.6 Å². The van der Waals surface area contributed by atoms with Gasteiger partial charge in [0.05, 0.1) is 11.7 Å². The number of benzene rings is 2. The number of rotatable bonds is 1. The summed E-state index contributed by atoms with van der Waals surface area (Å²) in [6, 6.07) is 16.4. The Balaban J connectivity index is 1.98. The van der Waals surface area contributed by atoms with Crippen LogP contribution < -0.4 is 11.1 Å². The van der Waals surface area contributed by atoms with Gasteiger partial charge >= 0.3 is 5.96 Å². The Hall–Kier alpha value is -2.00. The lowest BCUT2D eigenvalue weighted by atomic mass is 9.98. The van der Waals surface area contributed by atoms with E-state index in [4.69, 9.17) is 17.3 Å². The maximum atomic E-state index is 6.32. The highest BCUT2D eigenvalue weighted by molar-refractivity contribution is 6.30. The molecule has 1 aliphatic heterocycles. The van der Waals surface area contributed by atoms with Gasteiger partial charge in [0, 0.05) is 5.02 Å². The van der Waals surface area contributed by atoms with E-state index in [-0.39, 0.29) is 0 Å². The van der Waals surface area contributed by atoms with E-state index in [0.717, 1.165) is 23.6 Å². The lowest BCUT2D eigenvalue weighted by Gasteiger charge is -2.25. The molecule has 1 unspecified atom stereocenters. The topological polar surface area (TPSA) is 41.1 Å². The molecule has 2 aromatic rings. The first-order valence-corrected chi connectivity index (χ1v) is 7.55. The summed E-state index contributed by atoms with van der Waals surface area (Å²) >= 11 is 5.91. The summed E-state index contributed by atoms with van der Waals surface area (Å²) in [4.78, 5) is 0. The van der Waals surface area contributed by atoms with Crippen LogP contribution in [0.4, 0.5) is 11.4 Å². The smallest absolute Gasteiger partial charge is 0.290 e. The van der Waals surface area contributed by atoms with E-state index in [1.54, 1.807) is 0 Å². The lowest BCUT2D eigenvalue weighted by Crippen LogP contribution is -2.39. The molecule has 0 spiro atoms. The molecule has 3 N–H and O–H groups in total. The molecule has 0 fully saturated rings. The summed E-state index contributed by atoms with van der Waals surface area (Å²) in [5.41, 5.74) is 9.79. The lowest BCUT2D eigenvalue weighted by molar-refractivity contribution is -0.487. The largest absolute Gasteiger partial charge is 0.353 e. The Bertz CT molecular complexity index is 677. The van der Waals surface area contributed by atoms with Crippen molar-refractivity contribution >= 4 is 28.9 Å². The number of fused-ring (bicyclic) bond motifs is 1. The van der Waals surface area contributed by atoms with Crippen LogP contribution >= 0.6 is 11.6 Å². The molecule has 108 valence electrons. The monoisotopic (exact) mass is 300 g/mol. The quantitative estimate of drug-likeness (QED) is 0.622. The van der Waals surface area contributed by atoms with Gasteiger partial charge in [-0.3, -0.25) is 5.73 Å². The fourth-order valence-electron chi connectivity index (χ4n) is 2.80. The summed E-state index contributed by atoms with van der Waals surface area (Å²) < 4.78 is 2.17. The van der Waals surface area contributed by atoms with Gasteiger partial charge < -0.3 is 0 Å². The van der Waals surface area contributed by atoms with E-state index in [1.807, 2.05) is 24.3 Å². The number of halogens is 1. The molecule has 1 atom stereocenters. The number of hydrogen-bond acceptors (Lipinski definition) is 0. The van der Waals surface area contributed by atoms with Crippen LogP contribution in [0, 0.1) is 0 Å². The Kier molecular flexibility index (Phi) is 3.84. The summed E-state index contributed by atoms with van der Waals surface area (Å²) in [7, 11) is 0. The first-order chi connectivity index (χ1) is 10.1. The number of hydrogen-bond donors (Lipinski definition) is 2. The fourth-order valence-corrected chi connectivity index (χ4v) is 2.92. The highest BCUT2D eigenvalue weighted by Crippen LogP contribution is 2.28. The first kappa shape index (κ1) is 14.0. The van der Waals surface area contributed by atoms with Gasteiger partial charge in [0.1, 0.15) is 5.69 Å². The van der Waals surface area contributed by atoms with Crippen molar-refractivity contribution in [2.45, 2.75) is 25.8 Å². The fraction of sp³-hybridized carbons (Fsp3) is 0.235. The maximum Gasteiger partial charge on any atom is 0.353 e. The van der Waals surface area contributed by atoms with E-state index >= 15 is 0 Å². The van der Waals surface area contributed by atoms with Gasteiger partial charge in [-0.25, -0.2) is 9.89 Å². The van der Waals surface area contributed by atoms with Crippen molar-refractivity contribution in [3.8, 4) is 0 Å². The van der Waals surface area contributed by atoms with Crippen LogP contribution in [0.1, 0.15) is 18.9 Å². The Morgan fingerprint density at radius 1 is 1.19 bits per heavy atom. The third kappa shape index (κ3) is 2.88. The Morgan fingerprint density at radius 2 is 1.90 bits per heavy atom. The van der Waals surface area contributed by atoms with Crippen molar-refractivity contribution in [1.29, 1.82) is 0 Å². The Morgan fingerprint density at radius 3 is 2.67 bits per heavy atom. The van der Waals surface area contributed by atoms with Gasteiger partial charge in [0.15, 0.2) is 0 Å². The molecule has 4 heteroatoms. The van der Waals surface area contributed by atoms with E-state index in [0.29, 0.717) is 12.0 Å². The van der Waals surface area contributed by atoms with Crippen molar-refractivity contribution in [3.63, 3.8) is 0 Å². The third-order valence-corrected chi connectivity index (χ3v) is 4.15. The molecular formula is C17H19ClN3+. The van der Waals surface area contributed by atoms with Crippen LogP contribution in [0.25, 0.3) is 0 Å². The van der Waals surface area contributed by atoms with E-state index in [1.165, 1.54) is 11.3 Å². The van der Waals surface area contributed by atoms with Gasteiger partial charge in [-0.1, -0.05) is 29.8 Å². The van der Waals surface area contributed by atoms with Crippen molar-refractivity contribution < 1.29 is 4.58 Å². The zero-order chi connectivity index (χ0) is 14.8. The van der Waals surface area contributed by atoms with E-state index < -0.39 is 0 Å². The molecule has 0 amide bonds. The molecule has 3 rings (SSSR count). The predicted octanol–water partition coefficient (Wildman–Crippen LogP) is 3.75. The van der Waals surface area contributed by atoms with E-state index in [9.17, 15) is 0 Å². The van der Waals surface area contributed by atoms with Gasteiger partial charge in [-0.2, -0.15) is 0 Å². The standard InChI is InChI=1S/C17H18ClN3/c1-12-6-7-13-4-2-3-5-16(13)21(12)17(19)20-15-10-8-14(18)9-11-15/h2-5,8-12H,6-7H2,1H3,(H2,19,20)/p+1. The molecule has 2 aromatic carbocycles. The van der Waals surface area contributed by atoms with Crippen molar-refractivity contribution in [3.05, 3.63) is 59.1 Å². The normalized spacial score (nSPS) is 19.8. The number of nitrogens with two attached hydrogens (primary N) is 1. The minimum absolute atomic E-state index is 0.375. The number of para-hydroxylation sites is 1. The minimum Gasteiger partial charge on any atom is -0.290 e. The average Bonchev–Trinajstić information content (AvgIpc) is 2.49. The second kappa shape index (κ2) is 5.78. The number of nitrogens with one attached hydrogen (secondary N) is 1. The van der Waals surface area contributed by atoms with Crippen molar-refractivity contribution in [2.24, 2.45) is 5.73 Å². The predicted molar refractivity (Wildman–Crippen MR) is 88.4 cm³/mol. The van der Waals surface area contributed by atoms with Crippen molar-refractivity contribution in [1.82, 2.24) is 0 Å². The van der Waals surface area contributed by atoms with Crippen LogP contribution in [0.15, 0.2) is 48.5 Å². The second-order valence-corrected chi connectivity index (χ2v) is 5.84. The molecular weight excluding hydrogens is 282 g/mol. The van der Waals surface area contributed by atoms with Crippen LogP contribution in [0.3, 0.4) is 0 Å². The zero-order valence-corrected chi connectivity index (χ0v) is 12.8. The molecule has 0 aliphatic carbocycles. The molecule has 1 aliphatic rings. The minimum atomic E-state index is 0.375. The van der Waals surface area contributed by atoms with Gasteiger partial charge in [-0.15, -0.1) is 0 Å². The van der Waals surface area contributed by atoms with Crippen LogP contribution in [0.5, 0.6) is 0 Å². The van der Waals surface area contributed by atoms with Gasteiger partial charge in [0.25, 0.3) is 0 Å². The van der Waals surface area contributed by atoms with E-state index in [2.05, 4.69) is 41.1 Å². The summed E-state index contributed by atoms with van der Waals surface area (Å²) in [6.45, 7) is 2.20. The number of guanidine groups is 1. The molecule has 0 aromatic heterocycles. The molecule has 1 heterocycles. The van der Waals surface area contributed by atoms with Gasteiger partial charge in [0.2, 0.25) is 0 Å². The molecule has 0 saturated heterocycles. The zero-order valence-electron chi connectivity index (χ0n) is 12.0. The number of aryl methyl sites for hydroxylation is 1. The molecule has 0 radical (unpaired) electrons. The Labute approximate surface area is 130 Å². The number of nitrogens with zero attached hydrogens (tertiary/aromatic N) is 1. The summed E-state index contributed by atoms with van der Waals surface area (Å²) in [5, 5.41) is 3.99. The molecule has 0 saturated carbocycles. The van der Waals surface area contributed by atoms with Crippen LogP contribution in [0.2, 0.25) is 5.02 Å².